The van der Waals surface area contributed by atoms with E-state index in [1.807, 2.05) is 44.2 Å². The van der Waals surface area contributed by atoms with Crippen LogP contribution in [0.1, 0.15) is 25.0 Å². The summed E-state index contributed by atoms with van der Waals surface area (Å²) >= 11 is 12.7. The van der Waals surface area contributed by atoms with Gasteiger partial charge in [-0.2, -0.15) is 0 Å². The van der Waals surface area contributed by atoms with Crippen molar-refractivity contribution in [3.05, 3.63) is 100 Å². The number of hydrogen-bond donors (Lipinski definition) is 1. The lowest BCUT2D eigenvalue weighted by atomic mass is 10.0. The predicted octanol–water partition coefficient (Wildman–Crippen LogP) is 4.92. The molecule has 0 spiro atoms. The van der Waals surface area contributed by atoms with Crippen LogP contribution in [0, 0.1) is 0 Å². The summed E-state index contributed by atoms with van der Waals surface area (Å²) in [4.78, 5) is 28.9. The summed E-state index contributed by atoms with van der Waals surface area (Å²) in [7, 11) is -3.90. The van der Waals surface area contributed by atoms with Crippen molar-refractivity contribution < 1.29 is 18.0 Å². The molecule has 0 saturated heterocycles. The lowest BCUT2D eigenvalue weighted by molar-refractivity contribution is -0.140. The normalized spacial score (nSPS) is 12.2. The van der Waals surface area contributed by atoms with Gasteiger partial charge in [0.2, 0.25) is 21.8 Å². The lowest BCUT2D eigenvalue weighted by Gasteiger charge is -2.34. The smallest absolute Gasteiger partial charge is 0.244 e. The number of amides is 2. The van der Waals surface area contributed by atoms with Gasteiger partial charge in [-0.05, 0) is 43.2 Å². The number of halogens is 2. The molecule has 0 bridgehead atoms. The largest absolute Gasteiger partial charge is 0.352 e. The van der Waals surface area contributed by atoms with Crippen LogP contribution in [0.4, 0.5) is 5.69 Å². The van der Waals surface area contributed by atoms with Gasteiger partial charge in [0.05, 0.1) is 17.0 Å². The molecule has 0 unspecified atom stereocenters. The molecule has 1 N–H and O–H groups in total. The fourth-order valence-corrected chi connectivity index (χ4v) is 5.34. The van der Waals surface area contributed by atoms with Gasteiger partial charge < -0.3 is 10.2 Å². The van der Waals surface area contributed by atoms with Crippen molar-refractivity contribution in [3.63, 3.8) is 0 Å². The molecule has 0 aliphatic rings. The molecular weight excluding hydrogens is 545 g/mol. The van der Waals surface area contributed by atoms with Crippen LogP contribution < -0.4 is 9.62 Å². The topological polar surface area (TPSA) is 86.8 Å². The Hall–Kier alpha value is -3.07. The van der Waals surface area contributed by atoms with E-state index >= 15 is 0 Å². The van der Waals surface area contributed by atoms with Crippen LogP contribution >= 0.6 is 23.2 Å². The molecule has 1 atom stereocenters. The second kappa shape index (κ2) is 13.1. The summed E-state index contributed by atoms with van der Waals surface area (Å²) in [6, 6.07) is 21.6. The van der Waals surface area contributed by atoms with Crippen molar-refractivity contribution in [1.82, 2.24) is 10.2 Å². The number of nitrogens with one attached hydrogen (secondary N) is 1. The number of sulfonamides is 1. The molecule has 0 radical (unpaired) electrons. The molecule has 3 rings (SSSR count). The third-order valence-corrected chi connectivity index (χ3v) is 7.62. The first-order valence-electron chi connectivity index (χ1n) is 12.1. The fourth-order valence-electron chi connectivity index (χ4n) is 3.99. The Balaban J connectivity index is 2.08. The van der Waals surface area contributed by atoms with Crippen LogP contribution in [0.2, 0.25) is 10.0 Å². The van der Waals surface area contributed by atoms with Crippen LogP contribution in [0.5, 0.6) is 0 Å². The van der Waals surface area contributed by atoms with Gasteiger partial charge in [-0.15, -0.1) is 0 Å². The van der Waals surface area contributed by atoms with Crippen LogP contribution in [0.15, 0.2) is 78.9 Å². The number of nitrogens with zero attached hydrogens (tertiary/aromatic N) is 2. The molecule has 38 heavy (non-hydrogen) atoms. The summed E-state index contributed by atoms with van der Waals surface area (Å²) in [5, 5.41) is 3.52. The summed E-state index contributed by atoms with van der Waals surface area (Å²) in [6.07, 6.45) is 1.23. The Morgan fingerprint density at radius 3 is 2.03 bits per heavy atom. The molecule has 2 amide bonds. The van der Waals surface area contributed by atoms with Gasteiger partial charge in [0.25, 0.3) is 0 Å². The summed E-state index contributed by atoms with van der Waals surface area (Å²) in [6.45, 7) is 3.12. The molecule has 0 fully saturated rings. The minimum atomic E-state index is -3.90. The van der Waals surface area contributed by atoms with E-state index in [1.54, 1.807) is 42.5 Å². The molecule has 0 aliphatic carbocycles. The average molecular weight is 577 g/mol. The minimum absolute atomic E-state index is 0.00163. The van der Waals surface area contributed by atoms with E-state index in [9.17, 15) is 18.0 Å². The number of hydrogen-bond acceptors (Lipinski definition) is 4. The van der Waals surface area contributed by atoms with Crippen LogP contribution in [0.25, 0.3) is 0 Å². The average Bonchev–Trinajstić information content (AvgIpc) is 2.85. The van der Waals surface area contributed by atoms with Gasteiger partial charge in [-0.25, -0.2) is 8.42 Å². The summed E-state index contributed by atoms with van der Waals surface area (Å²) in [5.74, 6) is -0.928. The zero-order chi connectivity index (χ0) is 27.9. The van der Waals surface area contributed by atoms with E-state index in [-0.39, 0.29) is 35.6 Å². The lowest BCUT2D eigenvalue weighted by Crippen LogP contribution is -2.54. The fraction of sp³-hybridized carbons (Fsp3) is 0.286. The highest BCUT2D eigenvalue weighted by Gasteiger charge is 2.34. The maximum absolute atomic E-state index is 14.0. The number of rotatable bonds is 11. The Bertz CT molecular complexity index is 1370. The second-order valence-corrected chi connectivity index (χ2v) is 11.9. The molecule has 3 aromatic rings. The zero-order valence-corrected chi connectivity index (χ0v) is 23.8. The Morgan fingerprint density at radius 1 is 0.868 bits per heavy atom. The zero-order valence-electron chi connectivity index (χ0n) is 21.5. The molecule has 0 aromatic heterocycles. The number of benzene rings is 3. The number of anilines is 1. The van der Waals surface area contributed by atoms with E-state index in [0.29, 0.717) is 10.6 Å². The van der Waals surface area contributed by atoms with Crippen molar-refractivity contribution in [1.29, 1.82) is 0 Å². The maximum atomic E-state index is 14.0. The monoisotopic (exact) mass is 575 g/mol. The van der Waals surface area contributed by atoms with E-state index in [0.717, 1.165) is 16.1 Å². The van der Waals surface area contributed by atoms with Gasteiger partial charge in [-0.1, -0.05) is 83.9 Å². The van der Waals surface area contributed by atoms with Crippen LogP contribution in [-0.4, -0.2) is 50.0 Å². The first-order valence-corrected chi connectivity index (χ1v) is 14.7. The van der Waals surface area contributed by atoms with Gasteiger partial charge in [0.1, 0.15) is 12.6 Å². The van der Waals surface area contributed by atoms with Crippen molar-refractivity contribution in [2.45, 2.75) is 38.9 Å². The summed E-state index contributed by atoms with van der Waals surface area (Å²) < 4.78 is 26.5. The number of carbonyl (C=O) groups excluding carboxylic acids is 2. The first-order chi connectivity index (χ1) is 18.0. The van der Waals surface area contributed by atoms with Crippen LogP contribution in [-0.2, 0) is 32.6 Å². The molecule has 0 heterocycles. The maximum Gasteiger partial charge on any atom is 0.244 e. The van der Waals surface area contributed by atoms with Gasteiger partial charge in [0.15, 0.2) is 0 Å². The Morgan fingerprint density at radius 2 is 1.45 bits per heavy atom. The number of carbonyl (C=O) groups is 2. The van der Waals surface area contributed by atoms with Gasteiger partial charge >= 0.3 is 0 Å². The molecule has 202 valence electrons. The third kappa shape index (κ3) is 7.96. The molecule has 0 saturated carbocycles. The third-order valence-electron chi connectivity index (χ3n) is 5.80. The number of para-hydroxylation sites is 1. The van der Waals surface area contributed by atoms with E-state index in [4.69, 9.17) is 23.2 Å². The van der Waals surface area contributed by atoms with Crippen molar-refractivity contribution in [3.8, 4) is 0 Å². The van der Waals surface area contributed by atoms with E-state index in [2.05, 4.69) is 5.32 Å². The van der Waals surface area contributed by atoms with Crippen molar-refractivity contribution >= 4 is 50.7 Å². The molecule has 0 aliphatic heterocycles. The quantitative estimate of drug-likeness (QED) is 0.351. The molecular formula is C28H31Cl2N3O4S. The predicted molar refractivity (Wildman–Crippen MR) is 153 cm³/mol. The highest BCUT2D eigenvalue weighted by molar-refractivity contribution is 7.92. The highest BCUT2D eigenvalue weighted by atomic mass is 35.5. The van der Waals surface area contributed by atoms with Gasteiger partial charge in [0, 0.05) is 24.0 Å². The van der Waals surface area contributed by atoms with Gasteiger partial charge in [-0.3, -0.25) is 13.9 Å². The SMILES string of the molecule is CC(C)NC(=O)[C@H](Cc1ccccc1)N(Cc1ccccc1Cl)C(=O)CN(c1ccccc1Cl)S(C)(=O)=O. The minimum Gasteiger partial charge on any atom is -0.352 e. The van der Waals surface area contributed by atoms with Crippen molar-refractivity contribution in [2.75, 3.05) is 17.1 Å². The van der Waals surface area contributed by atoms with Crippen molar-refractivity contribution in [2.24, 2.45) is 0 Å². The molecule has 7 nitrogen and oxygen atoms in total. The molecule has 10 heteroatoms. The first kappa shape index (κ1) is 29.5. The molecule has 3 aromatic carbocycles. The second-order valence-electron chi connectivity index (χ2n) is 9.20. The van der Waals surface area contributed by atoms with E-state index in [1.165, 1.54) is 11.0 Å². The Labute approximate surface area is 234 Å². The van der Waals surface area contributed by atoms with E-state index < -0.39 is 28.5 Å². The Kier molecular flexibility index (Phi) is 10.2. The highest BCUT2D eigenvalue weighted by Crippen LogP contribution is 2.28. The summed E-state index contributed by atoms with van der Waals surface area (Å²) in [5.41, 5.74) is 1.65. The van der Waals surface area contributed by atoms with Crippen LogP contribution in [0.3, 0.4) is 0 Å². The standard InChI is InChI=1S/C28H31Cl2N3O4S/c1-20(2)31-28(35)26(17-21-11-5-4-6-12-21)32(18-22-13-7-8-14-23(22)29)27(34)19-33(38(3,36)37)25-16-10-9-15-24(25)30/h4-16,20,26H,17-19H2,1-3H3,(H,31,35)/t26-/m0/s1.